The highest BCUT2D eigenvalue weighted by atomic mass is 127. The standard InChI is InChI=1S/C11H11IN2O/c1-8-3-2-4-9(7-8)5-6-10-13-11(12)14-15-10/h2-4,7H,5-6H2,1H3. The van der Waals surface area contributed by atoms with Gasteiger partial charge in [0.15, 0.2) is 0 Å². The first kappa shape index (κ1) is 10.6. The maximum atomic E-state index is 5.05. The van der Waals surface area contributed by atoms with Crippen LogP contribution in [0.2, 0.25) is 0 Å². The van der Waals surface area contributed by atoms with Gasteiger partial charge in [-0.2, -0.15) is 4.98 Å². The minimum atomic E-state index is 0.673. The Morgan fingerprint density at radius 2 is 2.20 bits per heavy atom. The second kappa shape index (κ2) is 4.74. The predicted octanol–water partition coefficient (Wildman–Crippen LogP) is 2.77. The maximum absolute atomic E-state index is 5.05. The molecule has 1 aromatic heterocycles. The number of hydrogen-bond acceptors (Lipinski definition) is 3. The molecule has 0 saturated carbocycles. The van der Waals surface area contributed by atoms with Crippen LogP contribution in [-0.4, -0.2) is 10.1 Å². The fourth-order valence-corrected chi connectivity index (χ4v) is 1.82. The first-order valence-corrected chi connectivity index (χ1v) is 5.85. The van der Waals surface area contributed by atoms with Gasteiger partial charge in [0.25, 0.3) is 0 Å². The van der Waals surface area contributed by atoms with Gasteiger partial charge in [-0.05, 0) is 18.9 Å². The summed E-state index contributed by atoms with van der Waals surface area (Å²) in [6, 6.07) is 8.47. The Balaban J connectivity index is 1.99. The summed E-state index contributed by atoms with van der Waals surface area (Å²) >= 11 is 2.04. The number of rotatable bonds is 3. The van der Waals surface area contributed by atoms with Gasteiger partial charge >= 0.3 is 0 Å². The van der Waals surface area contributed by atoms with Gasteiger partial charge in [0.1, 0.15) is 0 Å². The van der Waals surface area contributed by atoms with Gasteiger partial charge in [0, 0.05) is 29.0 Å². The van der Waals surface area contributed by atoms with Crippen LogP contribution < -0.4 is 0 Å². The summed E-state index contributed by atoms with van der Waals surface area (Å²) < 4.78 is 5.72. The van der Waals surface area contributed by atoms with Gasteiger partial charge in [-0.1, -0.05) is 35.0 Å². The Kier molecular flexibility index (Phi) is 3.35. The van der Waals surface area contributed by atoms with Crippen molar-refractivity contribution in [3.63, 3.8) is 0 Å². The molecule has 0 radical (unpaired) electrons. The van der Waals surface area contributed by atoms with Crippen molar-refractivity contribution in [3.8, 4) is 0 Å². The van der Waals surface area contributed by atoms with Crippen molar-refractivity contribution < 1.29 is 4.52 Å². The Labute approximate surface area is 102 Å². The van der Waals surface area contributed by atoms with Gasteiger partial charge in [0.2, 0.25) is 9.72 Å². The molecule has 2 rings (SSSR count). The number of aromatic nitrogens is 2. The molecule has 0 aliphatic carbocycles. The molecule has 4 heteroatoms. The highest BCUT2D eigenvalue weighted by Crippen LogP contribution is 2.08. The molecule has 0 spiro atoms. The normalized spacial score (nSPS) is 10.5. The van der Waals surface area contributed by atoms with Crippen LogP contribution in [0.5, 0.6) is 0 Å². The van der Waals surface area contributed by atoms with E-state index in [1.807, 2.05) is 22.6 Å². The molecular weight excluding hydrogens is 303 g/mol. The molecule has 0 aliphatic rings. The summed E-state index contributed by atoms with van der Waals surface area (Å²) in [5.74, 6) is 0.709. The van der Waals surface area contributed by atoms with E-state index in [0.29, 0.717) is 9.72 Å². The number of benzene rings is 1. The van der Waals surface area contributed by atoms with Crippen LogP contribution in [0.1, 0.15) is 17.0 Å². The zero-order valence-corrected chi connectivity index (χ0v) is 10.6. The molecule has 78 valence electrons. The zero-order chi connectivity index (χ0) is 10.7. The Morgan fingerprint density at radius 3 is 2.87 bits per heavy atom. The SMILES string of the molecule is Cc1cccc(CCc2nc(I)no2)c1. The summed E-state index contributed by atoms with van der Waals surface area (Å²) in [7, 11) is 0. The molecule has 0 saturated heterocycles. The van der Waals surface area contributed by atoms with Crippen LogP contribution in [-0.2, 0) is 12.8 Å². The van der Waals surface area contributed by atoms with E-state index >= 15 is 0 Å². The van der Waals surface area contributed by atoms with Gasteiger partial charge < -0.3 is 4.52 Å². The molecule has 0 unspecified atom stereocenters. The molecule has 1 heterocycles. The van der Waals surface area contributed by atoms with Gasteiger partial charge in [0.05, 0.1) is 0 Å². The largest absolute Gasteiger partial charge is 0.339 e. The Hall–Kier alpha value is -0.910. The average molecular weight is 314 g/mol. The summed E-state index contributed by atoms with van der Waals surface area (Å²) in [6.45, 7) is 2.10. The quantitative estimate of drug-likeness (QED) is 0.818. The van der Waals surface area contributed by atoms with Crippen molar-refractivity contribution in [2.45, 2.75) is 19.8 Å². The molecule has 2 aromatic rings. The molecule has 1 aromatic carbocycles. The van der Waals surface area contributed by atoms with E-state index in [1.165, 1.54) is 11.1 Å². The van der Waals surface area contributed by atoms with Gasteiger partial charge in [-0.3, -0.25) is 0 Å². The van der Waals surface area contributed by atoms with Crippen molar-refractivity contribution >= 4 is 22.6 Å². The van der Waals surface area contributed by atoms with E-state index in [0.717, 1.165) is 12.8 Å². The molecule has 15 heavy (non-hydrogen) atoms. The van der Waals surface area contributed by atoms with E-state index in [9.17, 15) is 0 Å². The minimum Gasteiger partial charge on any atom is -0.339 e. The smallest absolute Gasteiger partial charge is 0.232 e. The van der Waals surface area contributed by atoms with E-state index in [1.54, 1.807) is 0 Å². The summed E-state index contributed by atoms with van der Waals surface area (Å²) in [4.78, 5) is 4.16. The van der Waals surface area contributed by atoms with Crippen molar-refractivity contribution in [2.75, 3.05) is 0 Å². The van der Waals surface area contributed by atoms with Crippen molar-refractivity contribution in [1.82, 2.24) is 10.1 Å². The highest BCUT2D eigenvalue weighted by molar-refractivity contribution is 14.1. The van der Waals surface area contributed by atoms with E-state index in [-0.39, 0.29) is 0 Å². The third kappa shape index (κ3) is 3.02. The lowest BCUT2D eigenvalue weighted by Gasteiger charge is -1.99. The average Bonchev–Trinajstić information content (AvgIpc) is 2.62. The second-order valence-corrected chi connectivity index (χ2v) is 4.41. The van der Waals surface area contributed by atoms with Crippen molar-refractivity contribution in [2.24, 2.45) is 0 Å². The first-order valence-electron chi connectivity index (χ1n) is 4.77. The first-order chi connectivity index (χ1) is 7.24. The number of nitrogens with zero attached hydrogens (tertiary/aromatic N) is 2. The lowest BCUT2D eigenvalue weighted by molar-refractivity contribution is 0.375. The summed E-state index contributed by atoms with van der Waals surface area (Å²) in [5, 5.41) is 3.75. The van der Waals surface area contributed by atoms with Gasteiger partial charge in [-0.25, -0.2) is 0 Å². The van der Waals surface area contributed by atoms with Crippen LogP contribution >= 0.6 is 22.6 Å². The number of halogens is 1. The third-order valence-corrected chi connectivity index (χ3v) is 2.59. The summed E-state index contributed by atoms with van der Waals surface area (Å²) in [5.41, 5.74) is 2.59. The van der Waals surface area contributed by atoms with E-state index < -0.39 is 0 Å². The fourth-order valence-electron chi connectivity index (χ4n) is 1.45. The zero-order valence-electron chi connectivity index (χ0n) is 8.40. The molecule has 0 bridgehead atoms. The summed E-state index contributed by atoms with van der Waals surface area (Å²) in [6.07, 6.45) is 1.75. The molecule has 0 atom stereocenters. The van der Waals surface area contributed by atoms with Crippen LogP contribution in [0.15, 0.2) is 28.8 Å². The molecule has 3 nitrogen and oxygen atoms in total. The third-order valence-electron chi connectivity index (χ3n) is 2.15. The molecule has 0 fully saturated rings. The molecule has 0 N–H and O–H groups in total. The number of aryl methyl sites for hydroxylation is 3. The lowest BCUT2D eigenvalue weighted by Crippen LogP contribution is -1.92. The minimum absolute atomic E-state index is 0.673. The number of hydrogen-bond donors (Lipinski definition) is 0. The Morgan fingerprint density at radius 1 is 1.33 bits per heavy atom. The van der Waals surface area contributed by atoms with E-state index in [4.69, 9.17) is 4.52 Å². The van der Waals surface area contributed by atoms with Crippen LogP contribution in [0.25, 0.3) is 0 Å². The maximum Gasteiger partial charge on any atom is 0.232 e. The highest BCUT2D eigenvalue weighted by Gasteiger charge is 2.03. The monoisotopic (exact) mass is 314 g/mol. The van der Waals surface area contributed by atoms with Crippen LogP contribution in [0.4, 0.5) is 0 Å². The molecule has 0 aliphatic heterocycles. The predicted molar refractivity (Wildman–Crippen MR) is 65.6 cm³/mol. The topological polar surface area (TPSA) is 38.9 Å². The second-order valence-electron chi connectivity index (χ2n) is 3.45. The van der Waals surface area contributed by atoms with Gasteiger partial charge in [-0.15, -0.1) is 0 Å². The van der Waals surface area contributed by atoms with Crippen LogP contribution in [0.3, 0.4) is 0 Å². The lowest BCUT2D eigenvalue weighted by atomic mass is 10.1. The van der Waals surface area contributed by atoms with Crippen molar-refractivity contribution in [1.29, 1.82) is 0 Å². The van der Waals surface area contributed by atoms with Crippen molar-refractivity contribution in [3.05, 3.63) is 45.1 Å². The fraction of sp³-hybridized carbons (Fsp3) is 0.273. The Bertz CT molecular complexity index is 453. The van der Waals surface area contributed by atoms with E-state index in [2.05, 4.69) is 41.3 Å². The van der Waals surface area contributed by atoms with Crippen LogP contribution in [0, 0.1) is 10.8 Å². The molecular formula is C11H11IN2O. The molecule has 0 amide bonds.